The number of halogens is 3. The minimum Gasteiger partial charge on any atom is -0.406 e. The molecule has 0 aliphatic carbocycles. The minimum absolute atomic E-state index is 0.0550. The van der Waals surface area contributed by atoms with Crippen molar-refractivity contribution in [1.82, 2.24) is 14.9 Å². The average molecular weight is 366 g/mol. The summed E-state index contributed by atoms with van der Waals surface area (Å²) >= 11 is 0. The Morgan fingerprint density at radius 2 is 2.04 bits per heavy atom. The first-order valence-corrected chi connectivity index (χ1v) is 7.52. The van der Waals surface area contributed by atoms with Crippen LogP contribution in [0.4, 0.5) is 13.2 Å². The maximum absolute atomic E-state index is 12.6. The van der Waals surface area contributed by atoms with E-state index in [1.54, 1.807) is 0 Å². The van der Waals surface area contributed by atoms with E-state index in [9.17, 15) is 22.8 Å². The summed E-state index contributed by atoms with van der Waals surface area (Å²) in [7, 11) is 0. The number of carbonyl (C=O) groups excluding carboxylic acids is 2. The Hall–Kier alpha value is -3.17. The van der Waals surface area contributed by atoms with Crippen molar-refractivity contribution in [1.29, 1.82) is 0 Å². The summed E-state index contributed by atoms with van der Waals surface area (Å²) in [6.07, 6.45) is -2.89. The van der Waals surface area contributed by atoms with E-state index in [0.717, 1.165) is 17.7 Å². The molecule has 136 valence electrons. The molecule has 0 atom stereocenters. The maximum atomic E-state index is 12.6. The molecule has 0 unspecified atom stereocenters. The standard InChI is InChI=1S/C16H13F3N4O3/c17-16(18,19)26-11-3-1-2-9(6-11)15(25)23-5-4-10-7-21-14(13(20)24)22-12(10)8-23/h1-3,6-7H,4-5,8H2,(H2,20,24). The van der Waals surface area contributed by atoms with Gasteiger partial charge < -0.3 is 15.4 Å². The predicted molar refractivity (Wildman–Crippen MR) is 82.1 cm³/mol. The van der Waals surface area contributed by atoms with Gasteiger partial charge >= 0.3 is 6.36 Å². The summed E-state index contributed by atoms with van der Waals surface area (Å²) < 4.78 is 40.8. The normalized spacial score (nSPS) is 13.9. The lowest BCUT2D eigenvalue weighted by molar-refractivity contribution is -0.274. The van der Waals surface area contributed by atoms with Crippen LogP contribution in [0.1, 0.15) is 32.2 Å². The Morgan fingerprint density at radius 1 is 1.27 bits per heavy atom. The number of benzene rings is 1. The second kappa shape index (κ2) is 6.62. The van der Waals surface area contributed by atoms with E-state index in [1.807, 2.05) is 0 Å². The number of nitrogens with zero attached hydrogens (tertiary/aromatic N) is 3. The quantitative estimate of drug-likeness (QED) is 0.891. The molecular formula is C16H13F3N4O3. The number of primary amides is 1. The lowest BCUT2D eigenvalue weighted by Gasteiger charge is -2.28. The van der Waals surface area contributed by atoms with Gasteiger partial charge in [-0.3, -0.25) is 9.59 Å². The number of rotatable bonds is 3. The van der Waals surface area contributed by atoms with Crippen LogP contribution < -0.4 is 10.5 Å². The monoisotopic (exact) mass is 366 g/mol. The van der Waals surface area contributed by atoms with E-state index in [1.165, 1.54) is 23.2 Å². The first-order valence-electron chi connectivity index (χ1n) is 7.52. The Balaban J connectivity index is 1.80. The van der Waals surface area contributed by atoms with Gasteiger partial charge in [-0.05, 0) is 30.2 Å². The molecule has 1 aliphatic rings. The van der Waals surface area contributed by atoms with Crippen molar-refractivity contribution in [3.8, 4) is 5.75 Å². The number of alkyl halides is 3. The van der Waals surface area contributed by atoms with Crippen LogP contribution in [0, 0.1) is 0 Å². The molecule has 0 fully saturated rings. The average Bonchev–Trinajstić information content (AvgIpc) is 2.58. The first kappa shape index (κ1) is 17.6. The van der Waals surface area contributed by atoms with Gasteiger partial charge in [0.25, 0.3) is 11.8 Å². The molecule has 3 rings (SSSR count). The molecule has 0 spiro atoms. The van der Waals surface area contributed by atoms with E-state index in [0.29, 0.717) is 18.7 Å². The third kappa shape index (κ3) is 3.90. The molecule has 0 saturated carbocycles. The van der Waals surface area contributed by atoms with Crippen molar-refractivity contribution in [3.05, 3.63) is 53.1 Å². The Bertz CT molecular complexity index is 870. The van der Waals surface area contributed by atoms with Crippen LogP contribution in [-0.2, 0) is 13.0 Å². The zero-order valence-corrected chi connectivity index (χ0v) is 13.3. The molecule has 0 saturated heterocycles. The molecule has 0 bridgehead atoms. The summed E-state index contributed by atoms with van der Waals surface area (Å²) in [5.41, 5.74) is 6.47. The van der Waals surface area contributed by atoms with Crippen LogP contribution >= 0.6 is 0 Å². The van der Waals surface area contributed by atoms with Crippen molar-refractivity contribution in [2.75, 3.05) is 6.54 Å². The highest BCUT2D eigenvalue weighted by molar-refractivity contribution is 5.94. The van der Waals surface area contributed by atoms with E-state index >= 15 is 0 Å². The van der Waals surface area contributed by atoms with Crippen molar-refractivity contribution >= 4 is 11.8 Å². The summed E-state index contributed by atoms with van der Waals surface area (Å²) in [6, 6.07) is 4.84. The molecule has 0 radical (unpaired) electrons. The molecular weight excluding hydrogens is 353 g/mol. The number of aromatic nitrogens is 2. The van der Waals surface area contributed by atoms with Crippen LogP contribution in [0.2, 0.25) is 0 Å². The number of carbonyl (C=O) groups is 2. The number of fused-ring (bicyclic) bond motifs is 1. The zero-order chi connectivity index (χ0) is 18.9. The third-order valence-corrected chi connectivity index (χ3v) is 3.77. The van der Waals surface area contributed by atoms with Crippen LogP contribution in [0.5, 0.6) is 5.75 Å². The minimum atomic E-state index is -4.84. The van der Waals surface area contributed by atoms with E-state index in [-0.39, 0.29) is 17.9 Å². The number of amides is 2. The second-order valence-electron chi connectivity index (χ2n) is 5.58. The van der Waals surface area contributed by atoms with Gasteiger partial charge in [0, 0.05) is 18.3 Å². The van der Waals surface area contributed by atoms with E-state index < -0.39 is 23.9 Å². The van der Waals surface area contributed by atoms with Gasteiger partial charge in [0.1, 0.15) is 5.75 Å². The molecule has 26 heavy (non-hydrogen) atoms. The largest absolute Gasteiger partial charge is 0.573 e. The van der Waals surface area contributed by atoms with Gasteiger partial charge in [-0.1, -0.05) is 6.07 Å². The Morgan fingerprint density at radius 3 is 2.73 bits per heavy atom. The van der Waals surface area contributed by atoms with E-state index in [2.05, 4.69) is 14.7 Å². The number of nitrogens with two attached hydrogens (primary N) is 1. The van der Waals surface area contributed by atoms with Crippen molar-refractivity contribution in [2.24, 2.45) is 5.73 Å². The molecule has 7 nitrogen and oxygen atoms in total. The van der Waals surface area contributed by atoms with Gasteiger partial charge in [-0.25, -0.2) is 9.97 Å². The first-order chi connectivity index (χ1) is 12.2. The highest BCUT2D eigenvalue weighted by atomic mass is 19.4. The Kier molecular flexibility index (Phi) is 4.49. The van der Waals surface area contributed by atoms with Crippen molar-refractivity contribution in [2.45, 2.75) is 19.3 Å². The third-order valence-electron chi connectivity index (χ3n) is 3.77. The van der Waals surface area contributed by atoms with Gasteiger partial charge in [-0.15, -0.1) is 13.2 Å². The number of hydrogen-bond donors (Lipinski definition) is 1. The highest BCUT2D eigenvalue weighted by Gasteiger charge is 2.31. The predicted octanol–water partition coefficient (Wildman–Crippen LogP) is 1.67. The lowest BCUT2D eigenvalue weighted by Crippen LogP contribution is -2.37. The van der Waals surface area contributed by atoms with Crippen LogP contribution in [0.15, 0.2) is 30.5 Å². The summed E-state index contributed by atoms with van der Waals surface area (Å²) in [5, 5.41) is 0. The molecule has 1 aliphatic heterocycles. The van der Waals surface area contributed by atoms with Crippen molar-refractivity contribution in [3.63, 3.8) is 0 Å². The molecule has 1 aromatic heterocycles. The fourth-order valence-electron chi connectivity index (χ4n) is 2.60. The molecule has 2 N–H and O–H groups in total. The van der Waals surface area contributed by atoms with Crippen LogP contribution in [-0.4, -0.2) is 39.6 Å². The van der Waals surface area contributed by atoms with Crippen molar-refractivity contribution < 1.29 is 27.5 Å². The molecule has 10 heteroatoms. The number of hydrogen-bond acceptors (Lipinski definition) is 5. The number of ether oxygens (including phenoxy) is 1. The van der Waals surface area contributed by atoms with Gasteiger partial charge in [0.05, 0.1) is 12.2 Å². The molecule has 2 aromatic rings. The Labute approximate surface area is 145 Å². The van der Waals surface area contributed by atoms with Crippen LogP contribution in [0.25, 0.3) is 0 Å². The zero-order valence-electron chi connectivity index (χ0n) is 13.3. The summed E-state index contributed by atoms with van der Waals surface area (Å²) in [6.45, 7) is 0.441. The fourth-order valence-corrected chi connectivity index (χ4v) is 2.60. The van der Waals surface area contributed by atoms with Gasteiger partial charge in [-0.2, -0.15) is 0 Å². The molecule has 2 amide bonds. The van der Waals surface area contributed by atoms with E-state index in [4.69, 9.17) is 5.73 Å². The summed E-state index contributed by atoms with van der Waals surface area (Å²) in [4.78, 5) is 33.1. The topological polar surface area (TPSA) is 98.4 Å². The molecule has 1 aromatic carbocycles. The highest BCUT2D eigenvalue weighted by Crippen LogP contribution is 2.25. The van der Waals surface area contributed by atoms with Crippen LogP contribution in [0.3, 0.4) is 0 Å². The fraction of sp³-hybridized carbons (Fsp3) is 0.250. The molecule has 2 heterocycles. The maximum Gasteiger partial charge on any atom is 0.573 e. The van der Waals surface area contributed by atoms with Gasteiger partial charge in [0.15, 0.2) is 0 Å². The summed E-state index contributed by atoms with van der Waals surface area (Å²) in [5.74, 6) is -1.88. The van der Waals surface area contributed by atoms with Gasteiger partial charge in [0.2, 0.25) is 5.82 Å². The lowest BCUT2D eigenvalue weighted by atomic mass is 10.1. The smallest absolute Gasteiger partial charge is 0.406 e. The second-order valence-corrected chi connectivity index (χ2v) is 5.58. The SMILES string of the molecule is NC(=O)c1ncc2c(n1)CN(C(=O)c1cccc(OC(F)(F)F)c1)CC2.